The first-order valence-electron chi connectivity index (χ1n) is 6.79. The van der Waals surface area contributed by atoms with Gasteiger partial charge < -0.3 is 10.6 Å². The van der Waals surface area contributed by atoms with Crippen molar-refractivity contribution in [2.75, 3.05) is 19.6 Å². The van der Waals surface area contributed by atoms with Crippen molar-refractivity contribution in [2.24, 2.45) is 5.41 Å². The van der Waals surface area contributed by atoms with Gasteiger partial charge in [-0.25, -0.2) is 4.39 Å². The maximum absolute atomic E-state index is 13.0. The van der Waals surface area contributed by atoms with Gasteiger partial charge in [0.2, 0.25) is 5.91 Å². The third-order valence-electron chi connectivity index (χ3n) is 3.78. The number of hydrogen-bond donors (Lipinski definition) is 2. The van der Waals surface area contributed by atoms with Gasteiger partial charge in [0.1, 0.15) is 5.82 Å². The SMILES string of the molecule is CC1(CNC(=O)Cc2cccc(F)c2)CCNCC1.Cl. The van der Waals surface area contributed by atoms with Crippen molar-refractivity contribution in [1.29, 1.82) is 0 Å². The Kier molecular flexibility index (Phi) is 6.43. The highest BCUT2D eigenvalue weighted by Crippen LogP contribution is 2.26. The molecule has 0 spiro atoms. The van der Waals surface area contributed by atoms with Crippen LogP contribution in [0.15, 0.2) is 24.3 Å². The first-order chi connectivity index (χ1) is 9.07. The molecule has 0 saturated carbocycles. The van der Waals surface area contributed by atoms with Gasteiger partial charge in [0.05, 0.1) is 6.42 Å². The molecule has 5 heteroatoms. The van der Waals surface area contributed by atoms with Gasteiger partial charge >= 0.3 is 0 Å². The Morgan fingerprint density at radius 1 is 1.40 bits per heavy atom. The highest BCUT2D eigenvalue weighted by Gasteiger charge is 2.26. The molecule has 0 unspecified atom stereocenters. The molecule has 3 nitrogen and oxygen atoms in total. The minimum atomic E-state index is -0.296. The number of carbonyl (C=O) groups excluding carboxylic acids is 1. The Balaban J connectivity index is 0.00000200. The van der Waals surface area contributed by atoms with Gasteiger partial charge in [-0.15, -0.1) is 12.4 Å². The van der Waals surface area contributed by atoms with Crippen LogP contribution >= 0.6 is 12.4 Å². The molecule has 1 amide bonds. The van der Waals surface area contributed by atoms with Crippen LogP contribution in [-0.4, -0.2) is 25.5 Å². The summed E-state index contributed by atoms with van der Waals surface area (Å²) in [5.41, 5.74) is 0.899. The molecular formula is C15H22ClFN2O. The zero-order chi connectivity index (χ0) is 13.7. The maximum atomic E-state index is 13.0. The van der Waals surface area contributed by atoms with Gasteiger partial charge in [-0.1, -0.05) is 19.1 Å². The summed E-state index contributed by atoms with van der Waals surface area (Å²) in [5.74, 6) is -0.332. The number of nitrogens with one attached hydrogen (secondary N) is 2. The van der Waals surface area contributed by atoms with Gasteiger partial charge in [-0.05, 0) is 49.0 Å². The Labute approximate surface area is 125 Å². The standard InChI is InChI=1S/C15H21FN2O.ClH/c1-15(5-7-17-8-6-15)11-18-14(19)10-12-3-2-4-13(16)9-12;/h2-4,9,17H,5-8,10-11H2,1H3,(H,18,19);1H. The molecule has 1 fully saturated rings. The second kappa shape index (κ2) is 7.60. The summed E-state index contributed by atoms with van der Waals surface area (Å²) in [6, 6.07) is 6.20. The molecule has 0 aliphatic carbocycles. The summed E-state index contributed by atoms with van der Waals surface area (Å²) in [4.78, 5) is 11.9. The summed E-state index contributed by atoms with van der Waals surface area (Å²) < 4.78 is 13.0. The third kappa shape index (κ3) is 5.10. The van der Waals surface area contributed by atoms with E-state index in [1.165, 1.54) is 12.1 Å². The Morgan fingerprint density at radius 2 is 2.10 bits per heavy atom. The lowest BCUT2D eigenvalue weighted by Gasteiger charge is -2.34. The normalized spacial score (nSPS) is 17.1. The van der Waals surface area contributed by atoms with E-state index in [0.717, 1.165) is 25.9 Å². The number of hydrogen-bond acceptors (Lipinski definition) is 2. The molecular weight excluding hydrogens is 279 g/mol. The van der Waals surface area contributed by atoms with Crippen LogP contribution in [-0.2, 0) is 11.2 Å². The minimum Gasteiger partial charge on any atom is -0.355 e. The van der Waals surface area contributed by atoms with Crippen molar-refractivity contribution in [3.8, 4) is 0 Å². The van der Waals surface area contributed by atoms with Crippen molar-refractivity contribution in [3.05, 3.63) is 35.6 Å². The van der Waals surface area contributed by atoms with Crippen LogP contribution < -0.4 is 10.6 Å². The summed E-state index contributed by atoms with van der Waals surface area (Å²) in [7, 11) is 0. The first-order valence-corrected chi connectivity index (χ1v) is 6.79. The predicted octanol–water partition coefficient (Wildman–Crippen LogP) is 2.30. The summed E-state index contributed by atoms with van der Waals surface area (Å²) in [6.45, 7) is 4.92. The molecule has 20 heavy (non-hydrogen) atoms. The average molecular weight is 301 g/mol. The monoisotopic (exact) mass is 300 g/mol. The van der Waals surface area contributed by atoms with E-state index in [9.17, 15) is 9.18 Å². The molecule has 0 atom stereocenters. The largest absolute Gasteiger partial charge is 0.355 e. The fourth-order valence-corrected chi connectivity index (χ4v) is 2.41. The van der Waals surface area contributed by atoms with Crippen molar-refractivity contribution >= 4 is 18.3 Å². The summed E-state index contributed by atoms with van der Waals surface area (Å²) >= 11 is 0. The van der Waals surface area contributed by atoms with Crippen LogP contribution in [0.4, 0.5) is 4.39 Å². The van der Waals surface area contributed by atoms with Crippen LogP contribution in [0.3, 0.4) is 0 Å². The number of carbonyl (C=O) groups is 1. The molecule has 0 bridgehead atoms. The molecule has 0 aromatic heterocycles. The van der Waals surface area contributed by atoms with E-state index in [2.05, 4.69) is 17.6 Å². The van der Waals surface area contributed by atoms with Gasteiger partial charge in [0.15, 0.2) is 0 Å². The fraction of sp³-hybridized carbons (Fsp3) is 0.533. The van der Waals surface area contributed by atoms with Gasteiger partial charge in [-0.3, -0.25) is 4.79 Å². The van der Waals surface area contributed by atoms with E-state index in [1.54, 1.807) is 12.1 Å². The van der Waals surface area contributed by atoms with Gasteiger partial charge in [-0.2, -0.15) is 0 Å². The summed E-state index contributed by atoms with van der Waals surface area (Å²) in [5, 5.41) is 6.29. The second-order valence-electron chi connectivity index (χ2n) is 5.64. The topological polar surface area (TPSA) is 41.1 Å². The molecule has 2 rings (SSSR count). The van der Waals surface area contributed by atoms with E-state index in [0.29, 0.717) is 12.1 Å². The third-order valence-corrected chi connectivity index (χ3v) is 3.78. The number of benzene rings is 1. The van der Waals surface area contributed by atoms with Crippen LogP contribution in [0.25, 0.3) is 0 Å². The number of piperidine rings is 1. The smallest absolute Gasteiger partial charge is 0.224 e. The van der Waals surface area contributed by atoms with Crippen LogP contribution in [0.5, 0.6) is 0 Å². The Morgan fingerprint density at radius 3 is 2.75 bits per heavy atom. The lowest BCUT2D eigenvalue weighted by molar-refractivity contribution is -0.121. The van der Waals surface area contributed by atoms with Crippen LogP contribution in [0.2, 0.25) is 0 Å². The zero-order valence-corrected chi connectivity index (χ0v) is 12.6. The zero-order valence-electron chi connectivity index (χ0n) is 11.7. The predicted molar refractivity (Wildman–Crippen MR) is 80.6 cm³/mol. The van der Waals surface area contributed by atoms with Crippen molar-refractivity contribution in [3.63, 3.8) is 0 Å². The molecule has 1 aliphatic heterocycles. The Bertz CT molecular complexity index is 447. The maximum Gasteiger partial charge on any atom is 0.224 e. The van der Waals surface area contributed by atoms with Crippen molar-refractivity contribution < 1.29 is 9.18 Å². The molecule has 1 heterocycles. The second-order valence-corrected chi connectivity index (χ2v) is 5.64. The molecule has 1 aromatic rings. The van der Waals surface area contributed by atoms with Crippen LogP contribution in [0, 0.1) is 11.2 Å². The molecule has 112 valence electrons. The van der Waals surface area contributed by atoms with Crippen LogP contribution in [0.1, 0.15) is 25.3 Å². The lowest BCUT2D eigenvalue weighted by atomic mass is 9.81. The highest BCUT2D eigenvalue weighted by molar-refractivity contribution is 5.85. The van der Waals surface area contributed by atoms with Crippen molar-refractivity contribution in [1.82, 2.24) is 10.6 Å². The highest BCUT2D eigenvalue weighted by atomic mass is 35.5. The van der Waals surface area contributed by atoms with E-state index in [-0.39, 0.29) is 36.0 Å². The van der Waals surface area contributed by atoms with E-state index in [4.69, 9.17) is 0 Å². The Hall–Kier alpha value is -1.13. The molecule has 1 saturated heterocycles. The minimum absolute atomic E-state index is 0. The number of halogens is 2. The number of amides is 1. The van der Waals surface area contributed by atoms with Gasteiger partial charge in [0.25, 0.3) is 0 Å². The first kappa shape index (κ1) is 16.9. The van der Waals surface area contributed by atoms with E-state index >= 15 is 0 Å². The van der Waals surface area contributed by atoms with E-state index < -0.39 is 0 Å². The fourth-order valence-electron chi connectivity index (χ4n) is 2.41. The van der Waals surface area contributed by atoms with Crippen molar-refractivity contribution in [2.45, 2.75) is 26.2 Å². The van der Waals surface area contributed by atoms with E-state index in [1.807, 2.05) is 0 Å². The summed E-state index contributed by atoms with van der Waals surface area (Å²) in [6.07, 6.45) is 2.40. The van der Waals surface area contributed by atoms with Gasteiger partial charge in [0, 0.05) is 6.54 Å². The number of rotatable bonds is 4. The molecule has 1 aliphatic rings. The average Bonchev–Trinajstić information content (AvgIpc) is 2.38. The molecule has 1 aromatic carbocycles. The lowest BCUT2D eigenvalue weighted by Crippen LogP contribution is -2.43. The quantitative estimate of drug-likeness (QED) is 0.896. The molecule has 2 N–H and O–H groups in total. The molecule has 0 radical (unpaired) electrons.